The number of nitrogens with one attached hydrogen (secondary N) is 1. The van der Waals surface area contributed by atoms with Crippen LogP contribution in [0.15, 0.2) is 18.2 Å². The predicted molar refractivity (Wildman–Crippen MR) is 68.4 cm³/mol. The minimum Gasteiger partial charge on any atom is -0.495 e. The van der Waals surface area contributed by atoms with Gasteiger partial charge in [-0.3, -0.25) is 0 Å². The molecule has 0 aromatic heterocycles. The first kappa shape index (κ1) is 11.6. The van der Waals surface area contributed by atoms with Crippen molar-refractivity contribution in [2.45, 2.75) is 32.2 Å². The van der Waals surface area contributed by atoms with Gasteiger partial charge < -0.3 is 10.1 Å². The molecule has 88 valence electrons. The molecule has 0 aliphatic heterocycles. The molecule has 0 heterocycles. The summed E-state index contributed by atoms with van der Waals surface area (Å²) in [6.45, 7) is 2.30. The summed E-state index contributed by atoms with van der Waals surface area (Å²) >= 11 is 5.99. The number of methoxy groups -OCH3 is 1. The molecule has 0 amide bonds. The molecule has 2 atom stereocenters. The largest absolute Gasteiger partial charge is 0.495 e. The van der Waals surface area contributed by atoms with Crippen LogP contribution in [-0.4, -0.2) is 13.2 Å². The van der Waals surface area contributed by atoms with Gasteiger partial charge in [0, 0.05) is 17.8 Å². The van der Waals surface area contributed by atoms with Crippen LogP contribution in [0, 0.1) is 5.92 Å². The van der Waals surface area contributed by atoms with Crippen LogP contribution in [0.4, 0.5) is 5.69 Å². The summed E-state index contributed by atoms with van der Waals surface area (Å²) in [5.41, 5.74) is 1.10. The summed E-state index contributed by atoms with van der Waals surface area (Å²) < 4.78 is 5.20. The van der Waals surface area contributed by atoms with E-state index in [0.29, 0.717) is 11.1 Å². The minimum absolute atomic E-state index is 0.589. The van der Waals surface area contributed by atoms with E-state index in [1.165, 1.54) is 19.3 Å². The molecule has 1 aliphatic rings. The molecule has 0 radical (unpaired) electrons. The van der Waals surface area contributed by atoms with Gasteiger partial charge in [0.15, 0.2) is 0 Å². The van der Waals surface area contributed by atoms with Gasteiger partial charge in [-0.1, -0.05) is 24.9 Å². The minimum atomic E-state index is 0.589. The zero-order chi connectivity index (χ0) is 11.5. The second-order valence-corrected chi connectivity index (χ2v) is 4.92. The van der Waals surface area contributed by atoms with Crippen molar-refractivity contribution in [3.05, 3.63) is 23.2 Å². The number of hydrogen-bond donors (Lipinski definition) is 1. The van der Waals surface area contributed by atoms with E-state index in [1.807, 2.05) is 18.2 Å². The molecular weight excluding hydrogens is 222 g/mol. The molecule has 1 fully saturated rings. The molecule has 0 saturated heterocycles. The summed E-state index contributed by atoms with van der Waals surface area (Å²) in [6, 6.07) is 6.44. The molecule has 1 aliphatic carbocycles. The Morgan fingerprint density at radius 3 is 2.81 bits per heavy atom. The molecule has 1 aromatic carbocycles. The third kappa shape index (κ3) is 2.43. The molecular formula is C13H18ClNO. The van der Waals surface area contributed by atoms with E-state index in [0.717, 1.165) is 17.4 Å². The SMILES string of the molecule is COc1cc(NC2CCCC2C)ccc1Cl. The second-order valence-electron chi connectivity index (χ2n) is 4.51. The van der Waals surface area contributed by atoms with Crippen molar-refractivity contribution in [1.29, 1.82) is 0 Å². The van der Waals surface area contributed by atoms with Crippen LogP contribution in [-0.2, 0) is 0 Å². The van der Waals surface area contributed by atoms with Gasteiger partial charge in [0.2, 0.25) is 0 Å². The van der Waals surface area contributed by atoms with Crippen molar-refractivity contribution in [2.24, 2.45) is 5.92 Å². The van der Waals surface area contributed by atoms with Gasteiger partial charge in [0.25, 0.3) is 0 Å². The summed E-state index contributed by atoms with van der Waals surface area (Å²) in [5, 5.41) is 4.21. The lowest BCUT2D eigenvalue weighted by Crippen LogP contribution is -2.21. The van der Waals surface area contributed by atoms with Gasteiger partial charge in [-0.05, 0) is 30.9 Å². The average molecular weight is 240 g/mol. The molecule has 0 bridgehead atoms. The topological polar surface area (TPSA) is 21.3 Å². The Labute approximate surface area is 102 Å². The number of anilines is 1. The Morgan fingerprint density at radius 2 is 2.19 bits per heavy atom. The number of hydrogen-bond acceptors (Lipinski definition) is 2. The predicted octanol–water partition coefficient (Wildman–Crippen LogP) is 3.95. The van der Waals surface area contributed by atoms with Gasteiger partial charge in [-0.25, -0.2) is 0 Å². The fourth-order valence-corrected chi connectivity index (χ4v) is 2.52. The van der Waals surface area contributed by atoms with E-state index in [9.17, 15) is 0 Å². The van der Waals surface area contributed by atoms with Gasteiger partial charge in [0.1, 0.15) is 5.75 Å². The van der Waals surface area contributed by atoms with Crippen molar-refractivity contribution in [1.82, 2.24) is 0 Å². The number of ether oxygens (including phenoxy) is 1. The van der Waals surface area contributed by atoms with Crippen LogP contribution in [0.1, 0.15) is 26.2 Å². The fraction of sp³-hybridized carbons (Fsp3) is 0.538. The van der Waals surface area contributed by atoms with Crippen molar-refractivity contribution >= 4 is 17.3 Å². The highest BCUT2D eigenvalue weighted by atomic mass is 35.5. The van der Waals surface area contributed by atoms with Crippen molar-refractivity contribution in [3.8, 4) is 5.75 Å². The summed E-state index contributed by atoms with van der Waals surface area (Å²) in [7, 11) is 1.64. The molecule has 2 unspecified atom stereocenters. The highest BCUT2D eigenvalue weighted by Gasteiger charge is 2.23. The zero-order valence-electron chi connectivity index (χ0n) is 9.79. The Hall–Kier alpha value is -0.890. The Bertz CT molecular complexity index is 367. The molecule has 1 aromatic rings. The van der Waals surface area contributed by atoms with Gasteiger partial charge in [-0.15, -0.1) is 0 Å². The van der Waals surface area contributed by atoms with Crippen molar-refractivity contribution < 1.29 is 4.74 Å². The van der Waals surface area contributed by atoms with Crippen LogP contribution in [0.5, 0.6) is 5.75 Å². The fourth-order valence-electron chi connectivity index (χ4n) is 2.32. The maximum Gasteiger partial charge on any atom is 0.139 e. The summed E-state index contributed by atoms with van der Waals surface area (Å²) in [4.78, 5) is 0. The first-order valence-corrected chi connectivity index (χ1v) is 6.18. The zero-order valence-corrected chi connectivity index (χ0v) is 10.6. The normalized spacial score (nSPS) is 24.4. The lowest BCUT2D eigenvalue weighted by molar-refractivity contribution is 0.415. The van der Waals surface area contributed by atoms with Crippen molar-refractivity contribution in [2.75, 3.05) is 12.4 Å². The van der Waals surface area contributed by atoms with Crippen LogP contribution >= 0.6 is 11.6 Å². The molecule has 1 N–H and O–H groups in total. The standard InChI is InChI=1S/C13H18ClNO/c1-9-4-3-5-12(9)15-10-6-7-11(14)13(8-10)16-2/h6-9,12,15H,3-5H2,1-2H3. The monoisotopic (exact) mass is 239 g/mol. The maximum absolute atomic E-state index is 5.99. The Kier molecular flexibility index (Phi) is 3.59. The maximum atomic E-state index is 5.99. The molecule has 2 rings (SSSR count). The number of halogens is 1. The van der Waals surface area contributed by atoms with Crippen molar-refractivity contribution in [3.63, 3.8) is 0 Å². The van der Waals surface area contributed by atoms with Gasteiger partial charge in [-0.2, -0.15) is 0 Å². The summed E-state index contributed by atoms with van der Waals surface area (Å²) in [5.74, 6) is 1.49. The smallest absolute Gasteiger partial charge is 0.139 e. The number of benzene rings is 1. The lowest BCUT2D eigenvalue weighted by Gasteiger charge is -2.19. The lowest BCUT2D eigenvalue weighted by atomic mass is 10.1. The first-order chi connectivity index (χ1) is 7.70. The first-order valence-electron chi connectivity index (χ1n) is 5.81. The molecule has 1 saturated carbocycles. The van der Waals surface area contributed by atoms with Gasteiger partial charge >= 0.3 is 0 Å². The molecule has 0 spiro atoms. The van der Waals surface area contributed by atoms with Crippen LogP contribution in [0.25, 0.3) is 0 Å². The third-order valence-corrected chi connectivity index (χ3v) is 3.68. The van der Waals surface area contributed by atoms with E-state index < -0.39 is 0 Å². The highest BCUT2D eigenvalue weighted by molar-refractivity contribution is 6.32. The third-order valence-electron chi connectivity index (χ3n) is 3.36. The quantitative estimate of drug-likeness (QED) is 0.863. The molecule has 2 nitrogen and oxygen atoms in total. The van der Waals surface area contributed by atoms with Crippen LogP contribution in [0.3, 0.4) is 0 Å². The van der Waals surface area contributed by atoms with E-state index >= 15 is 0 Å². The highest BCUT2D eigenvalue weighted by Crippen LogP contribution is 2.31. The van der Waals surface area contributed by atoms with E-state index in [4.69, 9.17) is 16.3 Å². The van der Waals surface area contributed by atoms with Crippen LogP contribution in [0.2, 0.25) is 5.02 Å². The van der Waals surface area contributed by atoms with Crippen LogP contribution < -0.4 is 10.1 Å². The average Bonchev–Trinajstić information content (AvgIpc) is 2.67. The van der Waals surface area contributed by atoms with Gasteiger partial charge in [0.05, 0.1) is 12.1 Å². The number of rotatable bonds is 3. The molecule has 3 heteroatoms. The van der Waals surface area contributed by atoms with E-state index in [-0.39, 0.29) is 0 Å². The Morgan fingerprint density at radius 1 is 1.38 bits per heavy atom. The van der Waals surface area contributed by atoms with E-state index in [2.05, 4.69) is 12.2 Å². The molecule has 16 heavy (non-hydrogen) atoms. The Balaban J connectivity index is 2.09. The summed E-state index contributed by atoms with van der Waals surface area (Å²) in [6.07, 6.45) is 3.90. The second kappa shape index (κ2) is 4.96. The van der Waals surface area contributed by atoms with E-state index in [1.54, 1.807) is 7.11 Å².